The van der Waals surface area contributed by atoms with Gasteiger partial charge < -0.3 is 15.6 Å². The molecule has 0 amide bonds. The van der Waals surface area contributed by atoms with E-state index in [1.807, 2.05) is 13.0 Å². The first-order valence-corrected chi connectivity index (χ1v) is 4.22. The van der Waals surface area contributed by atoms with Gasteiger partial charge in [0.05, 0.1) is 0 Å². The van der Waals surface area contributed by atoms with Crippen LogP contribution in [0.3, 0.4) is 0 Å². The van der Waals surface area contributed by atoms with E-state index in [-0.39, 0.29) is 0 Å². The molecule has 0 aliphatic heterocycles. The third-order valence-corrected chi connectivity index (χ3v) is 1.82. The quantitative estimate of drug-likeness (QED) is 0.673. The predicted octanol–water partition coefficient (Wildman–Crippen LogP) is 0.908. The van der Waals surface area contributed by atoms with Crippen molar-refractivity contribution < 1.29 is 4.52 Å². The van der Waals surface area contributed by atoms with Crippen molar-refractivity contribution in [2.75, 3.05) is 5.32 Å². The molecule has 0 saturated heterocycles. The Hall–Kier alpha value is -1.82. The molecule has 4 N–H and O–H groups in total. The van der Waals surface area contributed by atoms with E-state index in [2.05, 4.69) is 20.7 Å². The molecule has 0 aliphatic rings. The molecule has 0 bridgehead atoms. The van der Waals surface area contributed by atoms with E-state index in [4.69, 9.17) is 10.3 Å². The lowest BCUT2D eigenvalue weighted by molar-refractivity contribution is 0.422. The number of anilines is 2. The molecule has 6 heteroatoms. The Bertz CT molecular complexity index is 419. The van der Waals surface area contributed by atoms with E-state index in [1.165, 1.54) is 6.26 Å². The van der Waals surface area contributed by atoms with Crippen molar-refractivity contribution >= 4 is 11.6 Å². The number of rotatable bonds is 3. The van der Waals surface area contributed by atoms with Gasteiger partial charge in [0.1, 0.15) is 6.26 Å². The molecule has 0 atom stereocenters. The average molecular weight is 193 g/mol. The fraction of sp³-hybridized carbons (Fsp3) is 0.250. The molecule has 0 radical (unpaired) electrons. The second kappa shape index (κ2) is 3.51. The highest BCUT2D eigenvalue weighted by Crippen LogP contribution is 2.17. The second-order valence-corrected chi connectivity index (χ2v) is 2.95. The molecule has 0 spiro atoms. The fourth-order valence-electron chi connectivity index (χ4n) is 1.11. The molecular formula is C8H11N5O. The topological polar surface area (TPSA) is 92.8 Å². The highest BCUT2D eigenvalue weighted by atomic mass is 16.5. The predicted molar refractivity (Wildman–Crippen MR) is 51.0 cm³/mol. The molecule has 2 aromatic heterocycles. The number of hydrogen-bond donors (Lipinski definition) is 3. The van der Waals surface area contributed by atoms with Crippen LogP contribution in [0, 0.1) is 6.92 Å². The van der Waals surface area contributed by atoms with Gasteiger partial charge in [-0.2, -0.15) is 5.10 Å². The Kier molecular flexibility index (Phi) is 2.19. The zero-order chi connectivity index (χ0) is 9.97. The van der Waals surface area contributed by atoms with Crippen LogP contribution in [0.1, 0.15) is 11.3 Å². The molecule has 0 saturated carbocycles. The third-order valence-electron chi connectivity index (χ3n) is 1.82. The standard InChI is InChI=1S/C8H11N5O/c1-5-2-7(12-11-5)10-8-6(3-9)4-14-13-8/h2,4H,3,9H2,1H3,(H2,10,11,12,13). The van der Waals surface area contributed by atoms with Gasteiger partial charge in [0.25, 0.3) is 0 Å². The number of nitrogens with two attached hydrogens (primary N) is 1. The van der Waals surface area contributed by atoms with Gasteiger partial charge in [0.2, 0.25) is 0 Å². The van der Waals surface area contributed by atoms with Gasteiger partial charge in [0, 0.05) is 23.9 Å². The van der Waals surface area contributed by atoms with E-state index in [0.29, 0.717) is 18.2 Å². The molecule has 0 aromatic carbocycles. The van der Waals surface area contributed by atoms with Crippen LogP contribution in [0.25, 0.3) is 0 Å². The van der Waals surface area contributed by atoms with E-state index in [0.717, 1.165) is 11.3 Å². The van der Waals surface area contributed by atoms with Crippen molar-refractivity contribution in [3.8, 4) is 0 Å². The van der Waals surface area contributed by atoms with Crippen molar-refractivity contribution in [2.45, 2.75) is 13.5 Å². The van der Waals surface area contributed by atoms with Crippen LogP contribution in [-0.2, 0) is 6.54 Å². The largest absolute Gasteiger partial charge is 0.362 e. The minimum absolute atomic E-state index is 0.384. The number of nitrogens with zero attached hydrogens (tertiary/aromatic N) is 2. The summed E-state index contributed by atoms with van der Waals surface area (Å²) in [5.41, 5.74) is 7.29. The lowest BCUT2D eigenvalue weighted by Crippen LogP contribution is -2.00. The lowest BCUT2D eigenvalue weighted by atomic mass is 10.3. The molecule has 2 rings (SSSR count). The zero-order valence-electron chi connectivity index (χ0n) is 7.74. The van der Waals surface area contributed by atoms with Crippen molar-refractivity contribution in [1.82, 2.24) is 15.4 Å². The van der Waals surface area contributed by atoms with E-state index in [1.54, 1.807) is 0 Å². The maximum atomic E-state index is 5.49. The Morgan fingerprint density at radius 2 is 2.50 bits per heavy atom. The van der Waals surface area contributed by atoms with Crippen LogP contribution in [0.4, 0.5) is 11.6 Å². The van der Waals surface area contributed by atoms with Gasteiger partial charge in [-0.15, -0.1) is 0 Å². The van der Waals surface area contributed by atoms with E-state index >= 15 is 0 Å². The smallest absolute Gasteiger partial charge is 0.179 e. The van der Waals surface area contributed by atoms with Crippen molar-refractivity contribution in [1.29, 1.82) is 0 Å². The lowest BCUT2D eigenvalue weighted by Gasteiger charge is -1.97. The van der Waals surface area contributed by atoms with Crippen molar-refractivity contribution in [3.05, 3.63) is 23.6 Å². The first-order valence-electron chi connectivity index (χ1n) is 4.22. The Balaban J connectivity index is 2.18. The summed E-state index contributed by atoms with van der Waals surface area (Å²) < 4.78 is 4.79. The second-order valence-electron chi connectivity index (χ2n) is 2.95. The van der Waals surface area contributed by atoms with Gasteiger partial charge in [-0.25, -0.2) is 0 Å². The summed E-state index contributed by atoms with van der Waals surface area (Å²) in [4.78, 5) is 0. The summed E-state index contributed by atoms with van der Waals surface area (Å²) in [6, 6.07) is 1.87. The minimum atomic E-state index is 0.384. The molecule has 0 aliphatic carbocycles. The number of nitrogens with one attached hydrogen (secondary N) is 2. The summed E-state index contributed by atoms with van der Waals surface area (Å²) in [7, 11) is 0. The van der Waals surface area contributed by atoms with Crippen molar-refractivity contribution in [2.24, 2.45) is 5.73 Å². The maximum absolute atomic E-state index is 5.49. The van der Waals surface area contributed by atoms with Gasteiger partial charge in [-0.3, -0.25) is 5.10 Å². The van der Waals surface area contributed by atoms with Gasteiger partial charge >= 0.3 is 0 Å². The number of H-pyrrole nitrogens is 1. The monoisotopic (exact) mass is 193 g/mol. The molecule has 2 aromatic rings. The number of hydrogen-bond acceptors (Lipinski definition) is 5. The molecule has 0 unspecified atom stereocenters. The van der Waals surface area contributed by atoms with Crippen LogP contribution in [0.2, 0.25) is 0 Å². The molecular weight excluding hydrogens is 182 g/mol. The van der Waals surface area contributed by atoms with Gasteiger partial charge in [0.15, 0.2) is 11.6 Å². The van der Waals surface area contributed by atoms with Crippen LogP contribution < -0.4 is 11.1 Å². The number of aromatic nitrogens is 3. The Morgan fingerprint density at radius 1 is 1.64 bits per heavy atom. The number of aryl methyl sites for hydroxylation is 1. The summed E-state index contributed by atoms with van der Waals surface area (Å²) in [5, 5.41) is 13.6. The SMILES string of the molecule is Cc1cc(Nc2nocc2CN)n[nH]1. The summed E-state index contributed by atoms with van der Waals surface area (Å²) in [6.07, 6.45) is 1.52. The van der Waals surface area contributed by atoms with Crippen LogP contribution in [0.5, 0.6) is 0 Å². The van der Waals surface area contributed by atoms with Crippen LogP contribution >= 0.6 is 0 Å². The third kappa shape index (κ3) is 1.60. The van der Waals surface area contributed by atoms with Crippen LogP contribution in [-0.4, -0.2) is 15.4 Å². The Morgan fingerprint density at radius 3 is 3.14 bits per heavy atom. The minimum Gasteiger partial charge on any atom is -0.362 e. The normalized spacial score (nSPS) is 10.4. The summed E-state index contributed by atoms with van der Waals surface area (Å²) in [5.74, 6) is 1.31. The van der Waals surface area contributed by atoms with E-state index in [9.17, 15) is 0 Å². The van der Waals surface area contributed by atoms with Crippen LogP contribution in [0.15, 0.2) is 16.9 Å². The molecule has 14 heavy (non-hydrogen) atoms. The molecule has 0 fully saturated rings. The molecule has 74 valence electrons. The first-order chi connectivity index (χ1) is 6.79. The average Bonchev–Trinajstić information content (AvgIpc) is 2.76. The maximum Gasteiger partial charge on any atom is 0.179 e. The summed E-state index contributed by atoms with van der Waals surface area (Å²) >= 11 is 0. The zero-order valence-corrected chi connectivity index (χ0v) is 7.74. The fourth-order valence-corrected chi connectivity index (χ4v) is 1.11. The Labute approximate surface area is 80.5 Å². The van der Waals surface area contributed by atoms with Gasteiger partial charge in [-0.1, -0.05) is 5.16 Å². The summed E-state index contributed by atoms with van der Waals surface area (Å²) in [6.45, 7) is 2.31. The van der Waals surface area contributed by atoms with Gasteiger partial charge in [-0.05, 0) is 6.92 Å². The van der Waals surface area contributed by atoms with E-state index < -0.39 is 0 Å². The first kappa shape index (κ1) is 8.76. The molecule has 2 heterocycles. The highest BCUT2D eigenvalue weighted by molar-refractivity contribution is 5.54. The molecule has 6 nitrogen and oxygen atoms in total. The van der Waals surface area contributed by atoms with Crippen molar-refractivity contribution in [3.63, 3.8) is 0 Å². The number of aromatic amines is 1. The highest BCUT2D eigenvalue weighted by Gasteiger charge is 2.07.